The number of morpholine rings is 1. The Bertz CT molecular complexity index is 904. The molecule has 3 heterocycles. The van der Waals surface area contributed by atoms with Gasteiger partial charge in [0.15, 0.2) is 0 Å². The van der Waals surface area contributed by atoms with Crippen LogP contribution in [0.5, 0.6) is 0 Å². The number of benzene rings is 1. The van der Waals surface area contributed by atoms with Crippen LogP contribution in [0.1, 0.15) is 33.6 Å². The normalized spacial score (nSPS) is 24.4. The molecule has 31 heavy (non-hydrogen) atoms. The average molecular weight is 429 g/mol. The lowest BCUT2D eigenvalue weighted by atomic mass is 10.0. The van der Waals surface area contributed by atoms with Crippen molar-refractivity contribution in [1.29, 1.82) is 0 Å². The van der Waals surface area contributed by atoms with E-state index in [4.69, 9.17) is 4.74 Å². The molecule has 4 amide bonds. The topological polar surface area (TPSA) is 120 Å². The van der Waals surface area contributed by atoms with Crippen molar-refractivity contribution in [2.24, 2.45) is 0 Å². The lowest BCUT2D eigenvalue weighted by Crippen LogP contribution is -2.54. The monoisotopic (exact) mass is 429 g/mol. The van der Waals surface area contributed by atoms with Gasteiger partial charge in [-0.2, -0.15) is 0 Å². The number of nitrogens with zero attached hydrogens (tertiary/aromatic N) is 2. The van der Waals surface area contributed by atoms with Gasteiger partial charge in [0, 0.05) is 44.8 Å². The van der Waals surface area contributed by atoms with E-state index in [-0.39, 0.29) is 30.1 Å². The number of rotatable bonds is 7. The second kappa shape index (κ2) is 9.13. The third kappa shape index (κ3) is 4.32. The molecule has 4 rings (SSSR count). The van der Waals surface area contributed by atoms with Gasteiger partial charge < -0.3 is 15.4 Å². The van der Waals surface area contributed by atoms with Gasteiger partial charge in [0.2, 0.25) is 11.8 Å². The maximum Gasteiger partial charge on any atom is 0.264 e. The van der Waals surface area contributed by atoms with Crippen LogP contribution < -0.4 is 16.0 Å². The number of ether oxygens (including phenoxy) is 1. The first-order chi connectivity index (χ1) is 15.0. The number of nitrogens with one attached hydrogen (secondary N) is 3. The lowest BCUT2D eigenvalue weighted by molar-refractivity contribution is -0.136. The molecule has 0 aliphatic carbocycles. The second-order valence-electron chi connectivity index (χ2n) is 7.95. The molecule has 0 aromatic heterocycles. The molecule has 3 aliphatic rings. The van der Waals surface area contributed by atoms with Crippen LogP contribution >= 0.6 is 0 Å². The van der Waals surface area contributed by atoms with Gasteiger partial charge in [0.1, 0.15) is 6.04 Å². The van der Waals surface area contributed by atoms with Gasteiger partial charge in [0.05, 0.1) is 23.8 Å². The Morgan fingerprint density at radius 1 is 1.19 bits per heavy atom. The first-order valence-corrected chi connectivity index (χ1v) is 10.6. The number of carbonyl (C=O) groups excluding carboxylic acids is 4. The second-order valence-corrected chi connectivity index (χ2v) is 7.95. The van der Waals surface area contributed by atoms with Crippen molar-refractivity contribution in [1.82, 2.24) is 20.4 Å². The Hall–Kier alpha value is -2.82. The predicted octanol–water partition coefficient (Wildman–Crippen LogP) is -0.580. The van der Waals surface area contributed by atoms with E-state index in [9.17, 15) is 19.2 Å². The third-order valence-corrected chi connectivity index (χ3v) is 5.89. The molecule has 10 nitrogen and oxygen atoms in total. The van der Waals surface area contributed by atoms with E-state index in [0.29, 0.717) is 18.8 Å². The fourth-order valence-electron chi connectivity index (χ4n) is 4.26. The summed E-state index contributed by atoms with van der Waals surface area (Å²) >= 11 is 0. The highest BCUT2D eigenvalue weighted by Crippen LogP contribution is 2.32. The fraction of sp³-hybridized carbons (Fsp3) is 0.524. The minimum atomic E-state index is -0.972. The molecule has 1 unspecified atom stereocenters. The molecule has 0 radical (unpaired) electrons. The summed E-state index contributed by atoms with van der Waals surface area (Å²) in [5.74, 6) is -2.03. The van der Waals surface area contributed by atoms with E-state index < -0.39 is 29.7 Å². The fourth-order valence-corrected chi connectivity index (χ4v) is 4.26. The van der Waals surface area contributed by atoms with Gasteiger partial charge in [-0.05, 0) is 25.6 Å². The van der Waals surface area contributed by atoms with Crippen LogP contribution in [0.15, 0.2) is 18.2 Å². The standard InChI is InChI=1S/C21H27N5O5/c1-22-7-8-25-9-10-31-13(12-25)11-23-15-4-2-3-14-18(15)21(30)26(20(14)29)16-5-6-17(27)24-19(16)28/h2-4,13,16,22-23H,5-12H2,1H3,(H,24,27,28)/t13-,16?/m0/s1. The highest BCUT2D eigenvalue weighted by molar-refractivity contribution is 6.25. The van der Waals surface area contributed by atoms with Crippen molar-refractivity contribution in [2.75, 3.05) is 51.7 Å². The van der Waals surface area contributed by atoms with Crippen LogP contribution in [0.2, 0.25) is 0 Å². The number of anilines is 1. The van der Waals surface area contributed by atoms with E-state index in [2.05, 4.69) is 20.9 Å². The Labute approximate surface area is 180 Å². The summed E-state index contributed by atoms with van der Waals surface area (Å²) in [4.78, 5) is 53.0. The average Bonchev–Trinajstić information content (AvgIpc) is 3.02. The molecule has 3 aliphatic heterocycles. The quantitative estimate of drug-likeness (QED) is 0.493. The highest BCUT2D eigenvalue weighted by Gasteiger charge is 2.45. The first kappa shape index (κ1) is 21.4. The van der Waals surface area contributed by atoms with E-state index >= 15 is 0 Å². The Morgan fingerprint density at radius 2 is 2.03 bits per heavy atom. The molecule has 166 valence electrons. The van der Waals surface area contributed by atoms with E-state index in [1.807, 2.05) is 7.05 Å². The van der Waals surface area contributed by atoms with Crippen molar-refractivity contribution in [2.45, 2.75) is 25.0 Å². The lowest BCUT2D eigenvalue weighted by Gasteiger charge is -2.33. The van der Waals surface area contributed by atoms with Crippen molar-refractivity contribution in [3.63, 3.8) is 0 Å². The van der Waals surface area contributed by atoms with E-state index in [1.165, 1.54) is 0 Å². The van der Waals surface area contributed by atoms with Crippen molar-refractivity contribution in [3.8, 4) is 0 Å². The SMILES string of the molecule is CNCCN1CCO[C@@H](CNc2cccc3c2C(=O)N(C2CCC(=O)NC2=O)C3=O)C1. The van der Waals surface area contributed by atoms with Crippen LogP contribution in [0, 0.1) is 0 Å². The van der Waals surface area contributed by atoms with Crippen LogP contribution in [-0.4, -0.2) is 92.0 Å². The van der Waals surface area contributed by atoms with Crippen LogP contribution in [0.4, 0.5) is 5.69 Å². The first-order valence-electron chi connectivity index (χ1n) is 10.6. The minimum absolute atomic E-state index is 0.0418. The maximum atomic E-state index is 13.1. The van der Waals surface area contributed by atoms with Crippen molar-refractivity contribution >= 4 is 29.3 Å². The largest absolute Gasteiger partial charge is 0.382 e. The van der Waals surface area contributed by atoms with E-state index in [1.54, 1.807) is 18.2 Å². The Morgan fingerprint density at radius 3 is 2.81 bits per heavy atom. The maximum absolute atomic E-state index is 13.1. The molecule has 10 heteroatoms. The molecule has 0 bridgehead atoms. The number of likely N-dealkylation sites (N-methyl/N-ethyl adjacent to an activating group) is 1. The number of carbonyl (C=O) groups is 4. The Kier molecular flexibility index (Phi) is 6.30. The smallest absolute Gasteiger partial charge is 0.264 e. The summed E-state index contributed by atoms with van der Waals surface area (Å²) in [5.41, 5.74) is 1.07. The summed E-state index contributed by atoms with van der Waals surface area (Å²) < 4.78 is 5.85. The Balaban J connectivity index is 1.46. The zero-order chi connectivity index (χ0) is 22.0. The van der Waals surface area contributed by atoms with Gasteiger partial charge in [-0.1, -0.05) is 6.07 Å². The summed E-state index contributed by atoms with van der Waals surface area (Å²) in [6, 6.07) is 4.07. The predicted molar refractivity (Wildman–Crippen MR) is 112 cm³/mol. The van der Waals surface area contributed by atoms with Gasteiger partial charge in [-0.25, -0.2) is 0 Å². The summed E-state index contributed by atoms with van der Waals surface area (Å²) in [7, 11) is 1.92. The number of hydrogen-bond acceptors (Lipinski definition) is 8. The number of amides is 4. The molecule has 2 saturated heterocycles. The van der Waals surface area contributed by atoms with Gasteiger partial charge >= 0.3 is 0 Å². The number of hydrogen-bond donors (Lipinski definition) is 3. The van der Waals surface area contributed by atoms with Crippen molar-refractivity contribution < 1.29 is 23.9 Å². The molecule has 1 aromatic carbocycles. The third-order valence-electron chi connectivity index (χ3n) is 5.89. The number of piperidine rings is 1. The van der Waals surface area contributed by atoms with Gasteiger partial charge in [-0.3, -0.25) is 34.3 Å². The molecular formula is C21H27N5O5. The molecule has 0 saturated carbocycles. The molecule has 1 aromatic rings. The highest BCUT2D eigenvalue weighted by atomic mass is 16.5. The minimum Gasteiger partial charge on any atom is -0.382 e. The summed E-state index contributed by atoms with van der Waals surface area (Å²) in [6.07, 6.45) is 0.190. The van der Waals surface area contributed by atoms with Gasteiger partial charge in [0.25, 0.3) is 11.8 Å². The number of imide groups is 2. The zero-order valence-electron chi connectivity index (χ0n) is 17.5. The molecule has 2 atom stereocenters. The van der Waals surface area contributed by atoms with E-state index in [0.717, 1.165) is 31.1 Å². The number of fused-ring (bicyclic) bond motifs is 1. The zero-order valence-corrected chi connectivity index (χ0v) is 17.5. The van der Waals surface area contributed by atoms with Crippen LogP contribution in [0.3, 0.4) is 0 Å². The van der Waals surface area contributed by atoms with Gasteiger partial charge in [-0.15, -0.1) is 0 Å². The molecule has 0 spiro atoms. The van der Waals surface area contributed by atoms with Crippen LogP contribution in [-0.2, 0) is 14.3 Å². The molecular weight excluding hydrogens is 402 g/mol. The van der Waals surface area contributed by atoms with Crippen molar-refractivity contribution in [3.05, 3.63) is 29.3 Å². The molecule has 2 fully saturated rings. The summed E-state index contributed by atoms with van der Waals surface area (Å²) in [5, 5.41) is 8.62. The molecule has 3 N–H and O–H groups in total. The van der Waals surface area contributed by atoms with Crippen LogP contribution in [0.25, 0.3) is 0 Å². The summed E-state index contributed by atoms with van der Waals surface area (Å²) in [6.45, 7) is 4.63.